The number of hydrogen-bond acceptors (Lipinski definition) is 5. The number of piperidine rings is 1. The van der Waals surface area contributed by atoms with Crippen LogP contribution in [0, 0.1) is 5.92 Å². The summed E-state index contributed by atoms with van der Waals surface area (Å²) in [6.07, 6.45) is 1.37. The van der Waals surface area contributed by atoms with Gasteiger partial charge in [-0.3, -0.25) is 19.2 Å². The van der Waals surface area contributed by atoms with Crippen LogP contribution in [0.25, 0.3) is 0 Å². The quantitative estimate of drug-likeness (QED) is 0.615. The SMILES string of the molecule is CCOC(=O)[C@H]1CCCN(C(=O)CN(C)C(=O)[C@@H](C)NC(=O)c2cccc(Cl)c2Cl)C1. The summed E-state index contributed by atoms with van der Waals surface area (Å²) in [5.41, 5.74) is 0.158. The molecule has 8 nitrogen and oxygen atoms in total. The van der Waals surface area contributed by atoms with Gasteiger partial charge in [0, 0.05) is 20.1 Å². The van der Waals surface area contributed by atoms with Gasteiger partial charge in [0.2, 0.25) is 11.8 Å². The molecular formula is C21H27Cl2N3O5. The maximum atomic E-state index is 12.6. The molecule has 0 unspecified atom stereocenters. The van der Waals surface area contributed by atoms with E-state index in [1.165, 1.54) is 24.9 Å². The number of likely N-dealkylation sites (N-methyl/N-ethyl adjacent to an activating group) is 1. The number of halogens is 2. The Balaban J connectivity index is 1.92. The minimum Gasteiger partial charge on any atom is -0.466 e. The van der Waals surface area contributed by atoms with Crippen molar-refractivity contribution in [3.8, 4) is 0 Å². The van der Waals surface area contributed by atoms with Crippen LogP contribution in [0.2, 0.25) is 10.0 Å². The second kappa shape index (κ2) is 11.3. The second-order valence-corrected chi connectivity index (χ2v) is 8.21. The van der Waals surface area contributed by atoms with Gasteiger partial charge in [-0.25, -0.2) is 0 Å². The molecule has 0 saturated carbocycles. The highest BCUT2D eigenvalue weighted by Crippen LogP contribution is 2.25. The molecule has 3 amide bonds. The van der Waals surface area contributed by atoms with Crippen molar-refractivity contribution in [2.45, 2.75) is 32.7 Å². The van der Waals surface area contributed by atoms with E-state index in [9.17, 15) is 19.2 Å². The lowest BCUT2D eigenvalue weighted by molar-refractivity contribution is -0.152. The van der Waals surface area contributed by atoms with Gasteiger partial charge in [-0.05, 0) is 38.8 Å². The largest absolute Gasteiger partial charge is 0.466 e. The van der Waals surface area contributed by atoms with E-state index in [-0.39, 0.29) is 46.5 Å². The normalized spacial score (nSPS) is 16.9. The van der Waals surface area contributed by atoms with Crippen molar-refractivity contribution >= 4 is 46.9 Å². The number of nitrogens with one attached hydrogen (secondary N) is 1. The highest BCUT2D eigenvalue weighted by atomic mass is 35.5. The van der Waals surface area contributed by atoms with Gasteiger partial charge < -0.3 is 19.9 Å². The molecule has 1 saturated heterocycles. The summed E-state index contributed by atoms with van der Waals surface area (Å²) in [6.45, 7) is 4.20. The third kappa shape index (κ3) is 6.58. The molecule has 1 aromatic carbocycles. The number of amides is 3. The minimum atomic E-state index is -0.881. The average Bonchev–Trinajstić information content (AvgIpc) is 2.75. The maximum absolute atomic E-state index is 12.6. The molecule has 1 fully saturated rings. The van der Waals surface area contributed by atoms with Gasteiger partial charge in [0.15, 0.2) is 0 Å². The number of nitrogens with zero attached hydrogens (tertiary/aromatic N) is 2. The van der Waals surface area contributed by atoms with Crippen LogP contribution < -0.4 is 5.32 Å². The average molecular weight is 472 g/mol. The van der Waals surface area contributed by atoms with Gasteiger partial charge in [-0.15, -0.1) is 0 Å². The molecule has 0 spiro atoms. The smallest absolute Gasteiger partial charge is 0.310 e. The Hall–Kier alpha value is -2.32. The third-order valence-electron chi connectivity index (χ3n) is 5.06. The third-order valence-corrected chi connectivity index (χ3v) is 5.88. The Morgan fingerprint density at radius 2 is 2.00 bits per heavy atom. The van der Waals surface area contributed by atoms with Crippen LogP contribution in [0.4, 0.5) is 0 Å². The van der Waals surface area contributed by atoms with Crippen molar-refractivity contribution in [3.05, 3.63) is 33.8 Å². The summed E-state index contributed by atoms with van der Waals surface area (Å²) in [7, 11) is 1.49. The number of likely N-dealkylation sites (tertiary alicyclic amines) is 1. The van der Waals surface area contributed by atoms with E-state index in [0.29, 0.717) is 26.0 Å². The van der Waals surface area contributed by atoms with Gasteiger partial charge in [0.1, 0.15) is 6.04 Å². The number of benzene rings is 1. The molecule has 10 heteroatoms. The lowest BCUT2D eigenvalue weighted by Gasteiger charge is -2.33. The van der Waals surface area contributed by atoms with E-state index in [1.54, 1.807) is 24.0 Å². The molecule has 0 radical (unpaired) electrons. The van der Waals surface area contributed by atoms with Crippen molar-refractivity contribution in [2.75, 3.05) is 33.3 Å². The number of carbonyl (C=O) groups is 4. The predicted molar refractivity (Wildman–Crippen MR) is 117 cm³/mol. The van der Waals surface area contributed by atoms with Crippen LogP contribution in [0.15, 0.2) is 18.2 Å². The van der Waals surface area contributed by atoms with E-state index in [4.69, 9.17) is 27.9 Å². The lowest BCUT2D eigenvalue weighted by atomic mass is 9.98. The first kappa shape index (κ1) is 24.9. The summed E-state index contributed by atoms with van der Waals surface area (Å²) in [4.78, 5) is 52.5. The van der Waals surface area contributed by atoms with E-state index >= 15 is 0 Å². The molecule has 2 rings (SSSR count). The fraction of sp³-hybridized carbons (Fsp3) is 0.524. The van der Waals surface area contributed by atoms with Gasteiger partial charge in [-0.2, -0.15) is 0 Å². The van der Waals surface area contributed by atoms with Crippen molar-refractivity contribution in [1.29, 1.82) is 0 Å². The monoisotopic (exact) mass is 471 g/mol. The molecule has 1 aliphatic heterocycles. The zero-order valence-corrected chi connectivity index (χ0v) is 19.3. The molecule has 0 aliphatic carbocycles. The maximum Gasteiger partial charge on any atom is 0.310 e. The molecule has 170 valence electrons. The van der Waals surface area contributed by atoms with E-state index in [2.05, 4.69) is 5.32 Å². The van der Waals surface area contributed by atoms with Gasteiger partial charge in [0.25, 0.3) is 5.91 Å². The molecule has 2 atom stereocenters. The molecule has 0 aromatic heterocycles. The van der Waals surface area contributed by atoms with Crippen molar-refractivity contribution in [2.24, 2.45) is 5.92 Å². The van der Waals surface area contributed by atoms with E-state index in [0.717, 1.165) is 0 Å². The van der Waals surface area contributed by atoms with Crippen LogP contribution in [0.3, 0.4) is 0 Å². The van der Waals surface area contributed by atoms with Crippen molar-refractivity contribution < 1.29 is 23.9 Å². The predicted octanol–water partition coefficient (Wildman–Crippen LogP) is 2.37. The Kier molecular flexibility index (Phi) is 9.13. The first-order valence-electron chi connectivity index (χ1n) is 10.1. The Bertz CT molecular complexity index is 848. The second-order valence-electron chi connectivity index (χ2n) is 7.42. The standard InChI is InChI=1S/C21H27Cl2N3O5/c1-4-31-21(30)14-7-6-10-26(11-14)17(27)12-25(3)20(29)13(2)24-19(28)15-8-5-9-16(22)18(15)23/h5,8-9,13-14H,4,6-7,10-12H2,1-3H3,(H,24,28)/t13-,14+/m1/s1. The molecule has 0 bridgehead atoms. The van der Waals surface area contributed by atoms with E-state index < -0.39 is 17.9 Å². The molecule has 1 heterocycles. The first-order chi connectivity index (χ1) is 14.6. The van der Waals surface area contributed by atoms with Crippen LogP contribution in [-0.4, -0.2) is 72.8 Å². The van der Waals surface area contributed by atoms with E-state index in [1.807, 2.05) is 0 Å². The van der Waals surface area contributed by atoms with Gasteiger partial charge in [0.05, 0.1) is 34.7 Å². The topological polar surface area (TPSA) is 96.0 Å². The molecular weight excluding hydrogens is 445 g/mol. The number of esters is 1. The summed E-state index contributed by atoms with van der Waals surface area (Å²) >= 11 is 12.0. The van der Waals surface area contributed by atoms with Crippen LogP contribution in [-0.2, 0) is 19.1 Å². The zero-order valence-electron chi connectivity index (χ0n) is 17.8. The number of ether oxygens (including phenoxy) is 1. The highest BCUT2D eigenvalue weighted by Gasteiger charge is 2.31. The molecule has 1 aliphatic rings. The minimum absolute atomic E-state index is 0.103. The first-order valence-corrected chi connectivity index (χ1v) is 10.9. The fourth-order valence-corrected chi connectivity index (χ4v) is 3.77. The Labute approximate surface area is 191 Å². The Morgan fingerprint density at radius 1 is 1.29 bits per heavy atom. The van der Waals surface area contributed by atoms with Crippen LogP contribution >= 0.6 is 23.2 Å². The van der Waals surface area contributed by atoms with Crippen LogP contribution in [0.5, 0.6) is 0 Å². The lowest BCUT2D eigenvalue weighted by Crippen LogP contribution is -2.50. The zero-order chi connectivity index (χ0) is 23.1. The Morgan fingerprint density at radius 3 is 2.68 bits per heavy atom. The summed E-state index contributed by atoms with van der Waals surface area (Å²) in [5.74, 6) is -1.89. The summed E-state index contributed by atoms with van der Waals surface area (Å²) < 4.78 is 5.05. The van der Waals surface area contributed by atoms with Crippen LogP contribution in [0.1, 0.15) is 37.0 Å². The fourth-order valence-electron chi connectivity index (χ4n) is 3.38. The molecule has 1 N–H and O–H groups in total. The van der Waals surface area contributed by atoms with Gasteiger partial charge in [-0.1, -0.05) is 29.3 Å². The highest BCUT2D eigenvalue weighted by molar-refractivity contribution is 6.43. The summed E-state index contributed by atoms with van der Waals surface area (Å²) in [5, 5.41) is 2.91. The number of carbonyl (C=O) groups excluding carboxylic acids is 4. The summed E-state index contributed by atoms with van der Waals surface area (Å²) in [6, 6.07) is 3.77. The number of hydrogen-bond donors (Lipinski definition) is 1. The van der Waals surface area contributed by atoms with Crippen molar-refractivity contribution in [1.82, 2.24) is 15.1 Å². The van der Waals surface area contributed by atoms with Gasteiger partial charge >= 0.3 is 5.97 Å². The van der Waals surface area contributed by atoms with Crippen molar-refractivity contribution in [3.63, 3.8) is 0 Å². The number of rotatable bonds is 7. The molecule has 31 heavy (non-hydrogen) atoms. The molecule has 1 aromatic rings.